The average Bonchev–Trinajstić information content (AvgIpc) is 2.45. The van der Waals surface area contributed by atoms with Crippen molar-refractivity contribution in [2.24, 2.45) is 0 Å². The van der Waals surface area contributed by atoms with Gasteiger partial charge in [0, 0.05) is 28.3 Å². The summed E-state index contributed by atoms with van der Waals surface area (Å²) in [5, 5.41) is 10.6. The third-order valence-electron chi connectivity index (χ3n) is 2.57. The van der Waals surface area contributed by atoms with Gasteiger partial charge < -0.3 is 0 Å². The molecule has 0 bridgehead atoms. The second-order valence-corrected chi connectivity index (χ2v) is 4.89. The number of nitrogens with zero attached hydrogens (tertiary/aromatic N) is 1. The monoisotopic (exact) mass is 273 g/mol. The third-order valence-corrected chi connectivity index (χ3v) is 3.73. The maximum atomic E-state index is 11.0. The first-order valence-corrected chi connectivity index (χ1v) is 6.59. The minimum atomic E-state index is -0.501. The molecule has 0 spiro atoms. The van der Waals surface area contributed by atoms with Gasteiger partial charge in [-0.25, -0.2) is 0 Å². The highest BCUT2D eigenvalue weighted by Gasteiger charge is 2.10. The summed E-state index contributed by atoms with van der Waals surface area (Å²) in [7, 11) is 0. The second-order valence-electron chi connectivity index (χ2n) is 3.87. The highest BCUT2D eigenvalue weighted by atomic mass is 32.2. The maximum absolute atomic E-state index is 11.0. The van der Waals surface area contributed by atoms with Crippen LogP contribution in [0.15, 0.2) is 53.4 Å². The van der Waals surface area contributed by atoms with E-state index in [1.807, 2.05) is 30.3 Å². The van der Waals surface area contributed by atoms with Crippen molar-refractivity contribution in [3.05, 3.63) is 69.8 Å². The molecule has 5 heteroatoms. The lowest BCUT2D eigenvalue weighted by Crippen LogP contribution is -1.92. The molecule has 0 saturated carbocycles. The highest BCUT2D eigenvalue weighted by molar-refractivity contribution is 7.98. The fraction of sp³-hybridized carbons (Fsp3) is 0.0714. The Morgan fingerprint density at radius 1 is 1.16 bits per heavy atom. The zero-order valence-corrected chi connectivity index (χ0v) is 10.8. The number of hydrogen-bond donors (Lipinski definition) is 0. The SMILES string of the molecule is O=Cc1cc([N+](=O)[O-])ccc1SCc1ccccc1. The topological polar surface area (TPSA) is 60.2 Å². The van der Waals surface area contributed by atoms with E-state index in [9.17, 15) is 14.9 Å². The van der Waals surface area contributed by atoms with Crippen molar-refractivity contribution in [2.75, 3.05) is 0 Å². The van der Waals surface area contributed by atoms with Gasteiger partial charge in [0.2, 0.25) is 0 Å². The number of nitro groups is 1. The van der Waals surface area contributed by atoms with Gasteiger partial charge >= 0.3 is 0 Å². The molecule has 0 aliphatic heterocycles. The van der Waals surface area contributed by atoms with Crippen LogP contribution < -0.4 is 0 Å². The molecule has 0 N–H and O–H groups in total. The highest BCUT2D eigenvalue weighted by Crippen LogP contribution is 2.28. The van der Waals surface area contributed by atoms with Gasteiger partial charge in [-0.3, -0.25) is 14.9 Å². The Labute approximate surface area is 114 Å². The van der Waals surface area contributed by atoms with Gasteiger partial charge in [-0.15, -0.1) is 11.8 Å². The molecule has 0 atom stereocenters. The van der Waals surface area contributed by atoms with E-state index in [1.54, 1.807) is 6.07 Å². The molecular formula is C14H11NO3S. The number of carbonyl (C=O) groups excluding carboxylic acids is 1. The second kappa shape index (κ2) is 6.15. The Morgan fingerprint density at radius 3 is 2.53 bits per heavy atom. The summed E-state index contributed by atoms with van der Waals surface area (Å²) in [5.74, 6) is 0.722. The van der Waals surface area contributed by atoms with Crippen molar-refractivity contribution in [3.63, 3.8) is 0 Å². The van der Waals surface area contributed by atoms with Crippen LogP contribution in [0.25, 0.3) is 0 Å². The van der Waals surface area contributed by atoms with Gasteiger partial charge in [0.05, 0.1) is 4.92 Å². The van der Waals surface area contributed by atoms with E-state index in [4.69, 9.17) is 0 Å². The number of hydrogen-bond acceptors (Lipinski definition) is 4. The number of aldehydes is 1. The quantitative estimate of drug-likeness (QED) is 0.361. The Bertz CT molecular complexity index is 599. The normalized spacial score (nSPS) is 10.1. The molecule has 2 aromatic carbocycles. The van der Waals surface area contributed by atoms with Gasteiger partial charge in [0.25, 0.3) is 5.69 Å². The first kappa shape index (κ1) is 13.3. The lowest BCUT2D eigenvalue weighted by molar-refractivity contribution is -0.384. The molecule has 0 aliphatic carbocycles. The molecule has 19 heavy (non-hydrogen) atoms. The largest absolute Gasteiger partial charge is 0.298 e. The predicted molar refractivity (Wildman–Crippen MR) is 74.5 cm³/mol. The summed E-state index contributed by atoms with van der Waals surface area (Å²) in [5.41, 5.74) is 1.43. The van der Waals surface area contributed by atoms with Crippen molar-refractivity contribution in [1.29, 1.82) is 0 Å². The van der Waals surface area contributed by atoms with E-state index in [0.29, 0.717) is 11.8 Å². The molecule has 0 unspecified atom stereocenters. The van der Waals surface area contributed by atoms with Gasteiger partial charge in [-0.1, -0.05) is 30.3 Å². The Hall–Kier alpha value is -2.14. The summed E-state index contributed by atoms with van der Waals surface area (Å²) < 4.78 is 0. The van der Waals surface area contributed by atoms with Crippen LogP contribution in [0.1, 0.15) is 15.9 Å². The Kier molecular flexibility index (Phi) is 4.30. The van der Waals surface area contributed by atoms with E-state index in [-0.39, 0.29) is 5.69 Å². The van der Waals surface area contributed by atoms with E-state index in [1.165, 1.54) is 23.9 Å². The number of benzene rings is 2. The average molecular weight is 273 g/mol. The summed E-state index contributed by atoms with van der Waals surface area (Å²) in [6.07, 6.45) is 0.653. The number of carbonyl (C=O) groups is 1. The molecule has 0 heterocycles. The van der Waals surface area contributed by atoms with Gasteiger partial charge in [0.15, 0.2) is 6.29 Å². The van der Waals surface area contributed by atoms with Crippen LogP contribution in [-0.2, 0) is 5.75 Å². The summed E-state index contributed by atoms with van der Waals surface area (Å²) in [6, 6.07) is 14.2. The van der Waals surface area contributed by atoms with Crippen LogP contribution >= 0.6 is 11.8 Å². The first-order valence-electron chi connectivity index (χ1n) is 5.61. The van der Waals surface area contributed by atoms with E-state index in [0.717, 1.165) is 16.2 Å². The van der Waals surface area contributed by atoms with Gasteiger partial charge in [0.1, 0.15) is 0 Å². The zero-order chi connectivity index (χ0) is 13.7. The smallest absolute Gasteiger partial charge is 0.270 e. The third kappa shape index (κ3) is 3.42. The maximum Gasteiger partial charge on any atom is 0.270 e. The zero-order valence-electron chi connectivity index (χ0n) is 9.98. The summed E-state index contributed by atoms with van der Waals surface area (Å²) in [6.45, 7) is 0. The molecule has 0 saturated heterocycles. The van der Waals surface area contributed by atoms with Crippen LogP contribution in [0.3, 0.4) is 0 Å². The van der Waals surface area contributed by atoms with Crippen LogP contribution in [0, 0.1) is 10.1 Å². The van der Waals surface area contributed by atoms with Crippen molar-refractivity contribution < 1.29 is 9.72 Å². The molecule has 0 aromatic heterocycles. The summed E-state index contributed by atoms with van der Waals surface area (Å²) >= 11 is 1.49. The predicted octanol–water partition coefficient (Wildman–Crippen LogP) is 3.70. The Morgan fingerprint density at radius 2 is 1.89 bits per heavy atom. The van der Waals surface area contributed by atoms with Gasteiger partial charge in [-0.2, -0.15) is 0 Å². The molecule has 0 fully saturated rings. The van der Waals surface area contributed by atoms with Crippen molar-refractivity contribution in [3.8, 4) is 0 Å². The minimum Gasteiger partial charge on any atom is -0.298 e. The van der Waals surface area contributed by atoms with Crippen LogP contribution in [0.4, 0.5) is 5.69 Å². The molecule has 4 nitrogen and oxygen atoms in total. The lowest BCUT2D eigenvalue weighted by atomic mass is 10.2. The van der Waals surface area contributed by atoms with Crippen molar-refractivity contribution >= 4 is 23.7 Å². The van der Waals surface area contributed by atoms with E-state index in [2.05, 4.69) is 0 Å². The number of non-ortho nitro benzene ring substituents is 1. The standard InChI is InChI=1S/C14H11NO3S/c16-9-12-8-13(15(17)18)6-7-14(12)19-10-11-4-2-1-3-5-11/h1-9H,10H2. The van der Waals surface area contributed by atoms with Crippen molar-refractivity contribution in [2.45, 2.75) is 10.6 Å². The fourth-order valence-electron chi connectivity index (χ4n) is 1.61. The first-order chi connectivity index (χ1) is 9.20. The molecule has 2 aromatic rings. The van der Waals surface area contributed by atoms with Crippen LogP contribution in [-0.4, -0.2) is 11.2 Å². The molecule has 0 amide bonds. The molecule has 0 radical (unpaired) electrons. The van der Waals surface area contributed by atoms with Crippen LogP contribution in [0.2, 0.25) is 0 Å². The molecular weight excluding hydrogens is 262 g/mol. The van der Waals surface area contributed by atoms with E-state index >= 15 is 0 Å². The fourth-order valence-corrected chi connectivity index (χ4v) is 2.56. The number of thioether (sulfide) groups is 1. The van der Waals surface area contributed by atoms with Gasteiger partial charge in [-0.05, 0) is 11.6 Å². The minimum absolute atomic E-state index is 0.0637. The van der Waals surface area contributed by atoms with Crippen LogP contribution in [0.5, 0.6) is 0 Å². The van der Waals surface area contributed by atoms with E-state index < -0.39 is 4.92 Å². The molecule has 0 aliphatic rings. The number of nitro benzene ring substituents is 1. The molecule has 96 valence electrons. The number of rotatable bonds is 5. The molecule has 2 rings (SSSR count). The van der Waals surface area contributed by atoms with Crippen molar-refractivity contribution in [1.82, 2.24) is 0 Å². The lowest BCUT2D eigenvalue weighted by Gasteiger charge is -2.04. The summed E-state index contributed by atoms with van der Waals surface area (Å²) in [4.78, 5) is 21.9. The Balaban J connectivity index is 2.16.